The highest BCUT2D eigenvalue weighted by atomic mass is 32.2. The van der Waals surface area contributed by atoms with Gasteiger partial charge in [0.2, 0.25) is 5.91 Å². The molecule has 0 saturated heterocycles. The Morgan fingerprint density at radius 2 is 1.55 bits per heavy atom. The van der Waals surface area contributed by atoms with Crippen LogP contribution < -0.4 is 5.32 Å². The number of aryl methyl sites for hydroxylation is 1. The van der Waals surface area contributed by atoms with Crippen molar-refractivity contribution < 1.29 is 9.00 Å². The lowest BCUT2D eigenvalue weighted by Crippen LogP contribution is -2.29. The van der Waals surface area contributed by atoms with E-state index in [9.17, 15) is 9.00 Å². The van der Waals surface area contributed by atoms with Gasteiger partial charge in [-0.1, -0.05) is 48.5 Å². The second-order valence-corrected chi connectivity index (χ2v) is 6.55. The Hall–Kier alpha value is -1.94. The minimum atomic E-state index is -1.26. The number of nitrogens with one attached hydrogen (secondary N) is 1. The molecular weight excluding hydrogens is 294 g/mol. The van der Waals surface area contributed by atoms with E-state index in [1.165, 1.54) is 5.56 Å². The fraction of sp³-hybridized carbons (Fsp3) is 0.278. The zero-order valence-electron chi connectivity index (χ0n) is 12.5. The molecule has 0 aliphatic heterocycles. The standard InChI is InChI=1S/C18H21NO2S/c20-18(15-22(21)17-12-5-2-6-13-17)19-14-8-7-11-16-9-3-1-4-10-16/h1-6,9-10,12-13H,7-8,11,14-15H2,(H,19,20). The van der Waals surface area contributed by atoms with Crippen molar-refractivity contribution in [3.05, 3.63) is 66.2 Å². The number of amides is 1. The third kappa shape index (κ3) is 5.82. The normalized spacial score (nSPS) is 11.8. The summed E-state index contributed by atoms with van der Waals surface area (Å²) >= 11 is 0. The van der Waals surface area contributed by atoms with E-state index in [0.29, 0.717) is 11.4 Å². The summed E-state index contributed by atoms with van der Waals surface area (Å²) in [5, 5.41) is 2.84. The predicted octanol–water partition coefficient (Wildman–Crippen LogP) is 2.93. The van der Waals surface area contributed by atoms with Crippen LogP contribution in [-0.4, -0.2) is 22.4 Å². The summed E-state index contributed by atoms with van der Waals surface area (Å²) in [4.78, 5) is 12.5. The lowest BCUT2D eigenvalue weighted by Gasteiger charge is -2.06. The van der Waals surface area contributed by atoms with Crippen LogP contribution in [0.2, 0.25) is 0 Å². The van der Waals surface area contributed by atoms with Crippen LogP contribution in [0.5, 0.6) is 0 Å². The summed E-state index contributed by atoms with van der Waals surface area (Å²) in [6.45, 7) is 0.637. The quantitative estimate of drug-likeness (QED) is 0.761. The number of rotatable bonds is 8. The average Bonchev–Trinajstić information content (AvgIpc) is 2.56. The van der Waals surface area contributed by atoms with Crippen molar-refractivity contribution in [2.45, 2.75) is 24.2 Å². The molecule has 1 unspecified atom stereocenters. The molecule has 1 amide bonds. The molecule has 0 aromatic heterocycles. The fourth-order valence-electron chi connectivity index (χ4n) is 2.15. The van der Waals surface area contributed by atoms with Gasteiger partial charge in [0.05, 0.1) is 10.8 Å². The van der Waals surface area contributed by atoms with Gasteiger partial charge in [-0.15, -0.1) is 0 Å². The summed E-state index contributed by atoms with van der Waals surface area (Å²) in [7, 11) is -1.26. The molecule has 2 aromatic rings. The molecule has 22 heavy (non-hydrogen) atoms. The van der Waals surface area contributed by atoms with Crippen LogP contribution >= 0.6 is 0 Å². The maximum absolute atomic E-state index is 12.0. The number of unbranched alkanes of at least 4 members (excludes halogenated alkanes) is 1. The Morgan fingerprint density at radius 1 is 0.909 bits per heavy atom. The number of hydrogen-bond donors (Lipinski definition) is 1. The second kappa shape index (κ2) is 9.15. The first-order valence-electron chi connectivity index (χ1n) is 7.50. The molecule has 2 aromatic carbocycles. The third-order valence-corrected chi connectivity index (χ3v) is 4.65. The van der Waals surface area contributed by atoms with Gasteiger partial charge in [-0.05, 0) is 37.0 Å². The van der Waals surface area contributed by atoms with E-state index < -0.39 is 10.8 Å². The number of benzene rings is 2. The van der Waals surface area contributed by atoms with Crippen molar-refractivity contribution in [3.8, 4) is 0 Å². The summed E-state index contributed by atoms with van der Waals surface area (Å²) in [5.41, 5.74) is 1.32. The highest BCUT2D eigenvalue weighted by Crippen LogP contribution is 2.06. The minimum Gasteiger partial charge on any atom is -0.355 e. The van der Waals surface area contributed by atoms with E-state index in [0.717, 1.165) is 19.3 Å². The Morgan fingerprint density at radius 3 is 2.23 bits per heavy atom. The third-order valence-electron chi connectivity index (χ3n) is 3.33. The Labute approximate surface area is 134 Å². The predicted molar refractivity (Wildman–Crippen MR) is 90.1 cm³/mol. The largest absolute Gasteiger partial charge is 0.355 e. The first kappa shape index (κ1) is 16.4. The molecule has 0 heterocycles. The van der Waals surface area contributed by atoms with Gasteiger partial charge >= 0.3 is 0 Å². The Balaban J connectivity index is 1.61. The van der Waals surface area contributed by atoms with Crippen molar-refractivity contribution in [1.82, 2.24) is 5.32 Å². The molecule has 116 valence electrons. The zero-order chi connectivity index (χ0) is 15.6. The Bertz CT molecular complexity index is 599. The van der Waals surface area contributed by atoms with Crippen molar-refractivity contribution >= 4 is 16.7 Å². The van der Waals surface area contributed by atoms with Crippen LogP contribution in [0.15, 0.2) is 65.6 Å². The van der Waals surface area contributed by atoms with Gasteiger partial charge in [0.15, 0.2) is 0 Å². The summed E-state index contributed by atoms with van der Waals surface area (Å²) < 4.78 is 12.0. The van der Waals surface area contributed by atoms with E-state index in [1.54, 1.807) is 12.1 Å². The van der Waals surface area contributed by atoms with E-state index in [2.05, 4.69) is 17.4 Å². The van der Waals surface area contributed by atoms with Crippen LogP contribution in [-0.2, 0) is 22.0 Å². The van der Waals surface area contributed by atoms with Gasteiger partial charge in [0, 0.05) is 11.4 Å². The molecule has 0 bridgehead atoms. The van der Waals surface area contributed by atoms with Gasteiger partial charge < -0.3 is 5.32 Å². The van der Waals surface area contributed by atoms with Crippen molar-refractivity contribution in [2.75, 3.05) is 12.3 Å². The van der Waals surface area contributed by atoms with Crippen LogP contribution in [0.4, 0.5) is 0 Å². The zero-order valence-corrected chi connectivity index (χ0v) is 13.4. The van der Waals surface area contributed by atoms with Crippen molar-refractivity contribution in [3.63, 3.8) is 0 Å². The van der Waals surface area contributed by atoms with Gasteiger partial charge in [0.25, 0.3) is 0 Å². The van der Waals surface area contributed by atoms with Gasteiger partial charge in [-0.3, -0.25) is 9.00 Å². The first-order chi connectivity index (χ1) is 10.8. The van der Waals surface area contributed by atoms with Gasteiger partial charge in [-0.2, -0.15) is 0 Å². The first-order valence-corrected chi connectivity index (χ1v) is 8.81. The van der Waals surface area contributed by atoms with E-state index in [1.807, 2.05) is 36.4 Å². The number of hydrogen-bond acceptors (Lipinski definition) is 2. The Kier molecular flexibility index (Phi) is 6.84. The van der Waals surface area contributed by atoms with Crippen LogP contribution in [0.3, 0.4) is 0 Å². The second-order valence-electron chi connectivity index (χ2n) is 5.10. The highest BCUT2D eigenvalue weighted by Gasteiger charge is 2.09. The maximum atomic E-state index is 12.0. The molecule has 1 N–H and O–H groups in total. The summed E-state index contributed by atoms with van der Waals surface area (Å²) in [6.07, 6.45) is 2.98. The van der Waals surface area contributed by atoms with Crippen LogP contribution in [0.1, 0.15) is 18.4 Å². The van der Waals surface area contributed by atoms with Crippen LogP contribution in [0.25, 0.3) is 0 Å². The van der Waals surface area contributed by atoms with Gasteiger partial charge in [-0.25, -0.2) is 0 Å². The summed E-state index contributed by atoms with van der Waals surface area (Å²) in [5.74, 6) is -0.121. The van der Waals surface area contributed by atoms with Crippen molar-refractivity contribution in [2.24, 2.45) is 0 Å². The molecular formula is C18H21NO2S. The summed E-state index contributed by atoms with van der Waals surface area (Å²) in [6, 6.07) is 19.4. The smallest absolute Gasteiger partial charge is 0.232 e. The van der Waals surface area contributed by atoms with E-state index in [4.69, 9.17) is 0 Å². The molecule has 0 aliphatic carbocycles. The molecule has 4 heteroatoms. The topological polar surface area (TPSA) is 46.2 Å². The molecule has 0 radical (unpaired) electrons. The van der Waals surface area contributed by atoms with Crippen LogP contribution in [0, 0.1) is 0 Å². The minimum absolute atomic E-state index is 0.0305. The molecule has 0 aliphatic rings. The molecule has 0 saturated carbocycles. The van der Waals surface area contributed by atoms with E-state index in [-0.39, 0.29) is 11.7 Å². The molecule has 1 atom stereocenters. The number of carbonyl (C=O) groups excluding carboxylic acids is 1. The van der Waals surface area contributed by atoms with Gasteiger partial charge in [0.1, 0.15) is 5.75 Å². The average molecular weight is 315 g/mol. The fourth-order valence-corrected chi connectivity index (χ4v) is 3.12. The van der Waals surface area contributed by atoms with Crippen molar-refractivity contribution in [1.29, 1.82) is 0 Å². The molecule has 3 nitrogen and oxygen atoms in total. The molecule has 2 rings (SSSR count). The van der Waals surface area contributed by atoms with E-state index >= 15 is 0 Å². The molecule has 0 spiro atoms. The SMILES string of the molecule is O=C(CS(=O)c1ccccc1)NCCCCc1ccccc1. The lowest BCUT2D eigenvalue weighted by molar-refractivity contribution is -0.118. The monoisotopic (exact) mass is 315 g/mol. The molecule has 0 fully saturated rings. The number of carbonyl (C=O) groups is 1. The highest BCUT2D eigenvalue weighted by molar-refractivity contribution is 7.85. The maximum Gasteiger partial charge on any atom is 0.232 e. The lowest BCUT2D eigenvalue weighted by atomic mass is 10.1.